The van der Waals surface area contributed by atoms with Gasteiger partial charge >= 0.3 is 0 Å². The van der Waals surface area contributed by atoms with Crippen LogP contribution in [0, 0.1) is 0 Å². The molecule has 1 N–H and O–H groups in total. The van der Waals surface area contributed by atoms with E-state index in [1.807, 2.05) is 60.7 Å². The molecule has 0 radical (unpaired) electrons. The molecule has 0 saturated carbocycles. The van der Waals surface area contributed by atoms with Gasteiger partial charge in [0.1, 0.15) is 0 Å². The Morgan fingerprint density at radius 1 is 0.773 bits per heavy atom. The number of imide groups is 1. The van der Waals surface area contributed by atoms with Crippen LogP contribution < -0.4 is 5.32 Å². The van der Waals surface area contributed by atoms with E-state index in [1.54, 1.807) is 0 Å². The molecule has 22 heavy (non-hydrogen) atoms. The van der Waals surface area contributed by atoms with Crippen molar-refractivity contribution in [3.8, 4) is 0 Å². The quantitative estimate of drug-likeness (QED) is 0.735. The molecule has 0 bridgehead atoms. The van der Waals surface area contributed by atoms with Gasteiger partial charge in [0.25, 0.3) is 11.8 Å². The first-order valence-electron chi connectivity index (χ1n) is 7.18. The van der Waals surface area contributed by atoms with Crippen LogP contribution in [-0.4, -0.2) is 11.8 Å². The van der Waals surface area contributed by atoms with Crippen molar-refractivity contribution in [2.75, 3.05) is 0 Å². The first-order valence-corrected chi connectivity index (χ1v) is 7.18. The third-order valence-corrected chi connectivity index (χ3v) is 4.05. The van der Waals surface area contributed by atoms with Crippen LogP contribution >= 0.6 is 0 Å². The summed E-state index contributed by atoms with van der Waals surface area (Å²) in [6.07, 6.45) is 0.634. The average molecular weight is 287 g/mol. The predicted molar refractivity (Wildman–Crippen MR) is 85.0 cm³/mol. The molecule has 0 saturated heterocycles. The molecule has 0 unspecified atom stereocenters. The Morgan fingerprint density at radius 3 is 2.27 bits per heavy atom. The molecule has 3 aromatic rings. The molecule has 3 aromatic carbocycles. The van der Waals surface area contributed by atoms with Crippen LogP contribution in [0.2, 0.25) is 0 Å². The van der Waals surface area contributed by atoms with E-state index in [1.165, 1.54) is 0 Å². The van der Waals surface area contributed by atoms with Crippen molar-refractivity contribution < 1.29 is 9.59 Å². The normalized spacial score (nSPS) is 13.3. The minimum absolute atomic E-state index is 0.295. The van der Waals surface area contributed by atoms with E-state index in [0.717, 1.165) is 21.9 Å². The van der Waals surface area contributed by atoms with Gasteiger partial charge in [-0.1, -0.05) is 54.6 Å². The molecule has 1 heterocycles. The van der Waals surface area contributed by atoms with Crippen molar-refractivity contribution in [1.29, 1.82) is 0 Å². The summed E-state index contributed by atoms with van der Waals surface area (Å²) in [4.78, 5) is 24.4. The van der Waals surface area contributed by atoms with Gasteiger partial charge in [-0.15, -0.1) is 0 Å². The summed E-state index contributed by atoms with van der Waals surface area (Å²) in [5.41, 5.74) is 3.04. The molecule has 1 aliphatic rings. The van der Waals surface area contributed by atoms with Crippen molar-refractivity contribution in [2.45, 2.75) is 6.42 Å². The fourth-order valence-electron chi connectivity index (χ4n) is 3.08. The van der Waals surface area contributed by atoms with Gasteiger partial charge in [0.15, 0.2) is 0 Å². The highest BCUT2D eigenvalue weighted by Crippen LogP contribution is 2.30. The minimum Gasteiger partial charge on any atom is -0.288 e. The second-order valence-corrected chi connectivity index (χ2v) is 5.45. The zero-order valence-corrected chi connectivity index (χ0v) is 11.8. The van der Waals surface area contributed by atoms with Crippen molar-refractivity contribution in [3.63, 3.8) is 0 Å². The summed E-state index contributed by atoms with van der Waals surface area (Å²) in [6.45, 7) is 0. The molecule has 2 amide bonds. The third-order valence-electron chi connectivity index (χ3n) is 4.05. The second-order valence-electron chi connectivity index (χ2n) is 5.45. The number of carbonyl (C=O) groups is 2. The summed E-state index contributed by atoms with van der Waals surface area (Å²) in [6, 6.07) is 19.7. The minimum atomic E-state index is -0.300. The van der Waals surface area contributed by atoms with E-state index in [-0.39, 0.29) is 11.8 Å². The number of nitrogens with one attached hydrogen (secondary N) is 1. The first-order chi connectivity index (χ1) is 10.7. The number of amides is 2. The maximum Gasteiger partial charge on any atom is 0.259 e. The molecule has 0 atom stereocenters. The second kappa shape index (κ2) is 4.81. The summed E-state index contributed by atoms with van der Waals surface area (Å²) in [5, 5.41) is 4.24. The maximum absolute atomic E-state index is 12.2. The number of rotatable bonds is 2. The Hall–Kier alpha value is -2.94. The zero-order chi connectivity index (χ0) is 15.1. The Labute approximate surface area is 127 Å². The zero-order valence-electron chi connectivity index (χ0n) is 11.8. The Morgan fingerprint density at radius 2 is 1.45 bits per heavy atom. The van der Waals surface area contributed by atoms with Gasteiger partial charge in [0, 0.05) is 0 Å². The lowest BCUT2D eigenvalue weighted by Gasteiger charge is -2.10. The molecule has 4 rings (SSSR count). The molecule has 0 aliphatic carbocycles. The summed E-state index contributed by atoms with van der Waals surface area (Å²) in [5.74, 6) is -0.595. The third kappa shape index (κ3) is 1.91. The fraction of sp³-hybridized carbons (Fsp3) is 0.0526. The SMILES string of the molecule is O=C1NC(=O)c2c1c(Cc1ccccc1)cc1ccccc21. The summed E-state index contributed by atoms with van der Waals surface area (Å²) < 4.78 is 0. The largest absolute Gasteiger partial charge is 0.288 e. The average Bonchev–Trinajstić information content (AvgIpc) is 2.84. The van der Waals surface area contributed by atoms with E-state index in [0.29, 0.717) is 17.5 Å². The first kappa shape index (κ1) is 12.8. The molecular formula is C19H13NO2. The Balaban J connectivity index is 1.97. The molecule has 0 fully saturated rings. The lowest BCUT2D eigenvalue weighted by molar-refractivity contribution is 0.0880. The highest BCUT2D eigenvalue weighted by molar-refractivity contribution is 6.27. The Bertz CT molecular complexity index is 913. The molecular weight excluding hydrogens is 274 g/mol. The number of benzene rings is 3. The Kier molecular flexibility index (Phi) is 2.79. The molecule has 3 heteroatoms. The van der Waals surface area contributed by atoms with Crippen LogP contribution in [0.15, 0.2) is 60.7 Å². The summed E-state index contributed by atoms with van der Waals surface area (Å²) >= 11 is 0. The topological polar surface area (TPSA) is 46.2 Å². The van der Waals surface area contributed by atoms with Gasteiger partial charge in [-0.25, -0.2) is 0 Å². The van der Waals surface area contributed by atoms with Crippen LogP contribution in [-0.2, 0) is 6.42 Å². The van der Waals surface area contributed by atoms with E-state index in [4.69, 9.17) is 0 Å². The van der Waals surface area contributed by atoms with Crippen LogP contribution in [0.4, 0.5) is 0 Å². The lowest BCUT2D eigenvalue weighted by atomic mass is 9.92. The van der Waals surface area contributed by atoms with Crippen LogP contribution in [0.5, 0.6) is 0 Å². The molecule has 3 nitrogen and oxygen atoms in total. The van der Waals surface area contributed by atoms with Gasteiger partial charge in [-0.3, -0.25) is 14.9 Å². The van der Waals surface area contributed by atoms with Crippen LogP contribution in [0.1, 0.15) is 31.8 Å². The van der Waals surface area contributed by atoms with Gasteiger partial charge in [-0.2, -0.15) is 0 Å². The highest BCUT2D eigenvalue weighted by Gasteiger charge is 2.31. The van der Waals surface area contributed by atoms with Crippen LogP contribution in [0.25, 0.3) is 10.8 Å². The van der Waals surface area contributed by atoms with Crippen molar-refractivity contribution in [3.05, 3.63) is 82.9 Å². The smallest absolute Gasteiger partial charge is 0.259 e. The molecule has 0 aromatic heterocycles. The van der Waals surface area contributed by atoms with Gasteiger partial charge in [0.2, 0.25) is 0 Å². The number of hydrogen-bond donors (Lipinski definition) is 1. The van der Waals surface area contributed by atoms with Crippen LogP contribution in [0.3, 0.4) is 0 Å². The van der Waals surface area contributed by atoms with Crippen molar-refractivity contribution in [2.24, 2.45) is 0 Å². The van der Waals surface area contributed by atoms with Gasteiger partial charge in [-0.05, 0) is 34.4 Å². The predicted octanol–water partition coefficient (Wildman–Crippen LogP) is 3.31. The number of fused-ring (bicyclic) bond motifs is 3. The molecule has 1 aliphatic heterocycles. The molecule has 0 spiro atoms. The van der Waals surface area contributed by atoms with Crippen molar-refractivity contribution in [1.82, 2.24) is 5.32 Å². The lowest BCUT2D eigenvalue weighted by Crippen LogP contribution is -2.20. The summed E-state index contributed by atoms with van der Waals surface area (Å²) in [7, 11) is 0. The standard InChI is InChI=1S/C19H13NO2/c21-18-16-14(10-12-6-2-1-3-7-12)11-13-8-4-5-9-15(13)17(16)19(22)20-18/h1-9,11H,10H2,(H,20,21,22). The molecule has 106 valence electrons. The van der Waals surface area contributed by atoms with Gasteiger partial charge in [0.05, 0.1) is 11.1 Å². The van der Waals surface area contributed by atoms with Crippen molar-refractivity contribution >= 4 is 22.6 Å². The monoisotopic (exact) mass is 287 g/mol. The van der Waals surface area contributed by atoms with E-state index in [2.05, 4.69) is 5.32 Å². The maximum atomic E-state index is 12.2. The van der Waals surface area contributed by atoms with Gasteiger partial charge < -0.3 is 0 Å². The van der Waals surface area contributed by atoms with E-state index < -0.39 is 0 Å². The van der Waals surface area contributed by atoms with E-state index in [9.17, 15) is 9.59 Å². The fourth-order valence-corrected chi connectivity index (χ4v) is 3.08. The number of carbonyl (C=O) groups excluding carboxylic acids is 2. The number of hydrogen-bond acceptors (Lipinski definition) is 2. The highest BCUT2D eigenvalue weighted by atomic mass is 16.2. The van der Waals surface area contributed by atoms with E-state index >= 15 is 0 Å².